The number of aromatic nitrogens is 2. The second kappa shape index (κ2) is 11.0. The minimum Gasteiger partial charge on any atom is -0.385 e. The van der Waals surface area contributed by atoms with Gasteiger partial charge in [-0.3, -0.25) is 9.52 Å². The monoisotopic (exact) mass is 479 g/mol. The first-order valence-corrected chi connectivity index (χ1v) is 12.8. The van der Waals surface area contributed by atoms with Crippen LogP contribution in [0.5, 0.6) is 0 Å². The van der Waals surface area contributed by atoms with Crippen LogP contribution in [0.15, 0.2) is 84.3 Å². The molecule has 0 saturated heterocycles. The molecule has 0 fully saturated rings. The number of carbonyl (C=O) groups is 1. The van der Waals surface area contributed by atoms with Crippen molar-refractivity contribution in [1.82, 2.24) is 14.9 Å². The molecule has 3 aromatic rings. The average Bonchev–Trinajstić information content (AvgIpc) is 3.37. The number of allylic oxidation sites excluding steroid dienone is 2. The smallest absolute Gasteiger partial charge is 0.261 e. The lowest BCUT2D eigenvalue weighted by Crippen LogP contribution is -2.27. The highest BCUT2D eigenvalue weighted by atomic mass is 32.2. The maximum atomic E-state index is 13.1. The molecule has 1 heterocycles. The number of nitrogens with one attached hydrogen (secondary N) is 3. The molecule has 4 rings (SSSR count). The number of nitrogens with zero attached hydrogens (tertiary/aromatic N) is 2. The standard InChI is InChI=1S/C25H29N5O3S/c31-25(27-12-14-30-13-11-26-19-30)21-15-23(28-18-20-7-3-1-4-8-20)17-24(16-21)34(32,33)29-22-9-5-2-6-10-22/h1-3,5-6,9-11,13,15-17,19-20,28-29H,4,7-8,12,14,18H2,(H,27,31)/t20-/m0/s1. The van der Waals surface area contributed by atoms with Gasteiger partial charge in [-0.2, -0.15) is 0 Å². The molecule has 1 aliphatic carbocycles. The number of hydrogen-bond donors (Lipinski definition) is 3. The molecule has 0 bridgehead atoms. The fourth-order valence-electron chi connectivity index (χ4n) is 3.83. The molecule has 3 N–H and O–H groups in total. The van der Waals surface area contributed by atoms with Gasteiger partial charge in [0, 0.05) is 49.0 Å². The lowest BCUT2D eigenvalue weighted by molar-refractivity contribution is 0.0952. The van der Waals surface area contributed by atoms with Crippen molar-refractivity contribution in [2.45, 2.75) is 30.7 Å². The molecule has 1 amide bonds. The predicted octanol–water partition coefficient (Wildman–Crippen LogP) is 3.88. The Labute approximate surface area is 200 Å². The Morgan fingerprint density at radius 2 is 1.94 bits per heavy atom. The summed E-state index contributed by atoms with van der Waals surface area (Å²) in [5.74, 6) is 0.140. The Hall–Kier alpha value is -3.59. The molecule has 34 heavy (non-hydrogen) atoms. The molecule has 1 aliphatic rings. The van der Waals surface area contributed by atoms with Crippen LogP contribution in [0.25, 0.3) is 0 Å². The van der Waals surface area contributed by atoms with E-state index in [0.717, 1.165) is 19.3 Å². The molecule has 1 atom stereocenters. The first-order valence-electron chi connectivity index (χ1n) is 11.4. The van der Waals surface area contributed by atoms with Crippen molar-refractivity contribution in [3.63, 3.8) is 0 Å². The average molecular weight is 480 g/mol. The number of rotatable bonds is 10. The van der Waals surface area contributed by atoms with E-state index in [9.17, 15) is 13.2 Å². The van der Waals surface area contributed by atoms with Gasteiger partial charge in [0.05, 0.1) is 11.2 Å². The zero-order chi connectivity index (χ0) is 23.8. The summed E-state index contributed by atoms with van der Waals surface area (Å²) in [7, 11) is -3.88. The summed E-state index contributed by atoms with van der Waals surface area (Å²) in [6.07, 6.45) is 12.7. The van der Waals surface area contributed by atoms with E-state index < -0.39 is 10.0 Å². The third kappa shape index (κ3) is 6.48. The number of anilines is 2. The van der Waals surface area contributed by atoms with E-state index in [4.69, 9.17) is 0 Å². The minimum absolute atomic E-state index is 0.0321. The van der Waals surface area contributed by atoms with E-state index in [2.05, 4.69) is 32.5 Å². The van der Waals surface area contributed by atoms with Crippen LogP contribution in [0.1, 0.15) is 29.6 Å². The van der Waals surface area contributed by atoms with Crippen molar-refractivity contribution in [3.05, 3.63) is 85.0 Å². The zero-order valence-corrected chi connectivity index (χ0v) is 19.7. The topological polar surface area (TPSA) is 105 Å². The summed E-state index contributed by atoms with van der Waals surface area (Å²) >= 11 is 0. The van der Waals surface area contributed by atoms with Crippen LogP contribution in [0.4, 0.5) is 11.4 Å². The van der Waals surface area contributed by atoms with Gasteiger partial charge < -0.3 is 15.2 Å². The van der Waals surface area contributed by atoms with E-state index in [0.29, 0.717) is 36.9 Å². The predicted molar refractivity (Wildman–Crippen MR) is 133 cm³/mol. The Balaban J connectivity index is 1.53. The Morgan fingerprint density at radius 1 is 1.09 bits per heavy atom. The molecular formula is C25H29N5O3S. The Kier molecular flexibility index (Phi) is 7.64. The van der Waals surface area contributed by atoms with Gasteiger partial charge in [-0.25, -0.2) is 13.4 Å². The van der Waals surface area contributed by atoms with Gasteiger partial charge in [0.2, 0.25) is 0 Å². The highest BCUT2D eigenvalue weighted by Crippen LogP contribution is 2.24. The van der Waals surface area contributed by atoms with Crippen LogP contribution in [-0.4, -0.2) is 37.0 Å². The van der Waals surface area contributed by atoms with Gasteiger partial charge in [0.25, 0.3) is 15.9 Å². The van der Waals surface area contributed by atoms with Gasteiger partial charge in [-0.05, 0) is 55.5 Å². The maximum absolute atomic E-state index is 13.1. The SMILES string of the molecule is O=C(NCCn1ccnc1)c1cc(NC[C@H]2CC=CCC2)cc(S(=O)(=O)Nc2ccccc2)c1. The number of sulfonamides is 1. The molecule has 1 aromatic heterocycles. The van der Waals surface area contributed by atoms with Gasteiger partial charge in [-0.15, -0.1) is 0 Å². The number of para-hydroxylation sites is 1. The molecule has 0 radical (unpaired) electrons. The molecule has 0 spiro atoms. The molecule has 0 unspecified atom stereocenters. The first-order chi connectivity index (χ1) is 16.5. The van der Waals surface area contributed by atoms with Crippen molar-refractivity contribution in [3.8, 4) is 0 Å². The summed E-state index contributed by atoms with van der Waals surface area (Å²) in [4.78, 5) is 16.9. The van der Waals surface area contributed by atoms with Gasteiger partial charge in [0.1, 0.15) is 0 Å². The lowest BCUT2D eigenvalue weighted by atomic mass is 9.94. The van der Waals surface area contributed by atoms with Crippen molar-refractivity contribution in [2.75, 3.05) is 23.1 Å². The highest BCUT2D eigenvalue weighted by molar-refractivity contribution is 7.92. The van der Waals surface area contributed by atoms with Crippen LogP contribution in [0.3, 0.4) is 0 Å². The van der Waals surface area contributed by atoms with E-state index in [-0.39, 0.29) is 16.4 Å². The summed E-state index contributed by atoms with van der Waals surface area (Å²) in [5, 5.41) is 6.20. The lowest BCUT2D eigenvalue weighted by Gasteiger charge is -2.20. The summed E-state index contributed by atoms with van der Waals surface area (Å²) in [5.41, 5.74) is 1.35. The van der Waals surface area contributed by atoms with Crippen LogP contribution >= 0.6 is 0 Å². The minimum atomic E-state index is -3.88. The number of imidazole rings is 1. The van der Waals surface area contributed by atoms with E-state index >= 15 is 0 Å². The first kappa shape index (κ1) is 23.6. The zero-order valence-electron chi connectivity index (χ0n) is 18.9. The van der Waals surface area contributed by atoms with Gasteiger partial charge in [-0.1, -0.05) is 30.4 Å². The second-order valence-corrected chi connectivity index (χ2v) is 9.99. The molecule has 2 aromatic carbocycles. The molecule has 178 valence electrons. The fraction of sp³-hybridized carbons (Fsp3) is 0.280. The van der Waals surface area contributed by atoms with Gasteiger partial charge in [0.15, 0.2) is 0 Å². The summed E-state index contributed by atoms with van der Waals surface area (Å²) < 4.78 is 30.7. The molecular weight excluding hydrogens is 450 g/mol. The quantitative estimate of drug-likeness (QED) is 0.383. The van der Waals surface area contributed by atoms with E-state index in [1.807, 2.05) is 16.8 Å². The number of hydrogen-bond acceptors (Lipinski definition) is 5. The van der Waals surface area contributed by atoms with Crippen LogP contribution in [-0.2, 0) is 16.6 Å². The Morgan fingerprint density at radius 3 is 2.68 bits per heavy atom. The number of carbonyl (C=O) groups excluding carboxylic acids is 1. The van der Waals surface area contributed by atoms with Crippen LogP contribution in [0.2, 0.25) is 0 Å². The number of amides is 1. The van der Waals surface area contributed by atoms with E-state index in [1.165, 1.54) is 6.07 Å². The van der Waals surface area contributed by atoms with Crippen molar-refractivity contribution >= 4 is 27.3 Å². The number of benzene rings is 2. The third-order valence-electron chi connectivity index (χ3n) is 5.69. The largest absolute Gasteiger partial charge is 0.385 e. The van der Waals surface area contributed by atoms with E-state index in [1.54, 1.807) is 48.9 Å². The summed E-state index contributed by atoms with van der Waals surface area (Å²) in [6.45, 7) is 1.67. The van der Waals surface area contributed by atoms with Crippen LogP contribution < -0.4 is 15.4 Å². The highest BCUT2D eigenvalue weighted by Gasteiger charge is 2.19. The molecule has 9 heteroatoms. The Bertz CT molecular complexity index is 1220. The molecule has 8 nitrogen and oxygen atoms in total. The van der Waals surface area contributed by atoms with Crippen LogP contribution in [0, 0.1) is 5.92 Å². The maximum Gasteiger partial charge on any atom is 0.261 e. The third-order valence-corrected chi connectivity index (χ3v) is 7.05. The second-order valence-electron chi connectivity index (χ2n) is 8.31. The normalized spacial score (nSPS) is 15.6. The summed E-state index contributed by atoms with van der Waals surface area (Å²) in [6, 6.07) is 13.4. The van der Waals surface area contributed by atoms with Crippen molar-refractivity contribution in [2.24, 2.45) is 5.92 Å². The van der Waals surface area contributed by atoms with Gasteiger partial charge >= 0.3 is 0 Å². The van der Waals surface area contributed by atoms with Crippen molar-refractivity contribution in [1.29, 1.82) is 0 Å². The fourth-order valence-corrected chi connectivity index (χ4v) is 4.96. The molecule has 0 aliphatic heterocycles. The van der Waals surface area contributed by atoms with Crippen molar-refractivity contribution < 1.29 is 13.2 Å². The molecule has 0 saturated carbocycles.